The van der Waals surface area contributed by atoms with Crippen molar-refractivity contribution < 1.29 is 24.0 Å². The second-order valence-electron chi connectivity index (χ2n) is 5.30. The zero-order valence-electron chi connectivity index (χ0n) is 14.2. The number of anilines is 1. The number of carbonyl (C=O) groups excluding carboxylic acids is 2. The molecule has 2 rings (SSSR count). The summed E-state index contributed by atoms with van der Waals surface area (Å²) < 4.78 is 9.93. The number of benzene rings is 2. The molecular weight excluding hydrogens is 399 g/mol. The van der Waals surface area contributed by atoms with Gasteiger partial charge >= 0.3 is 11.7 Å². The fourth-order valence-corrected chi connectivity index (χ4v) is 2.52. The first-order chi connectivity index (χ1) is 12.7. The highest BCUT2D eigenvalue weighted by atomic mass is 35.5. The standard InChI is InChI=1S/C17H14Cl2N2O6/c1-9(16(22)20-13-5-4-11(18)8-12(13)19)27-17(23)10-3-6-15(26-2)14(7-10)21(24)25/h3-9H,1-2H3,(H,20,22)/t9-/m0/s1. The van der Waals surface area contributed by atoms with E-state index in [0.717, 1.165) is 6.07 Å². The van der Waals surface area contributed by atoms with Crippen molar-refractivity contribution in [3.63, 3.8) is 0 Å². The first-order valence-corrected chi connectivity index (χ1v) is 8.28. The molecule has 0 fully saturated rings. The van der Waals surface area contributed by atoms with Gasteiger partial charge in [0.1, 0.15) is 0 Å². The van der Waals surface area contributed by atoms with Crippen molar-refractivity contribution in [3.05, 3.63) is 62.1 Å². The average Bonchev–Trinajstić information content (AvgIpc) is 2.63. The number of methoxy groups -OCH3 is 1. The van der Waals surface area contributed by atoms with Crippen LogP contribution in [0.4, 0.5) is 11.4 Å². The van der Waals surface area contributed by atoms with E-state index in [0.29, 0.717) is 10.7 Å². The zero-order valence-corrected chi connectivity index (χ0v) is 15.7. The molecule has 142 valence electrons. The van der Waals surface area contributed by atoms with Crippen LogP contribution in [0, 0.1) is 10.1 Å². The molecule has 27 heavy (non-hydrogen) atoms. The number of hydrogen-bond donors (Lipinski definition) is 1. The highest BCUT2D eigenvalue weighted by Gasteiger charge is 2.23. The second-order valence-corrected chi connectivity index (χ2v) is 6.15. The molecule has 1 N–H and O–H groups in total. The highest BCUT2D eigenvalue weighted by molar-refractivity contribution is 6.36. The monoisotopic (exact) mass is 412 g/mol. The second kappa shape index (κ2) is 8.70. The zero-order chi connectivity index (χ0) is 20.1. The minimum absolute atomic E-state index is 0.000258. The van der Waals surface area contributed by atoms with E-state index in [9.17, 15) is 19.7 Å². The van der Waals surface area contributed by atoms with E-state index in [1.807, 2.05) is 0 Å². The maximum atomic E-state index is 12.2. The number of nitro groups is 1. The molecule has 10 heteroatoms. The molecule has 0 spiro atoms. The average molecular weight is 413 g/mol. The number of amides is 1. The van der Waals surface area contributed by atoms with Crippen LogP contribution in [0.5, 0.6) is 5.75 Å². The van der Waals surface area contributed by atoms with E-state index in [2.05, 4.69) is 5.32 Å². The molecule has 0 aliphatic rings. The van der Waals surface area contributed by atoms with E-state index in [-0.39, 0.29) is 16.3 Å². The van der Waals surface area contributed by atoms with Crippen LogP contribution in [0.25, 0.3) is 0 Å². The Kier molecular flexibility index (Phi) is 6.59. The van der Waals surface area contributed by atoms with Crippen molar-refractivity contribution in [2.24, 2.45) is 0 Å². The maximum absolute atomic E-state index is 12.2. The van der Waals surface area contributed by atoms with Crippen LogP contribution in [0.1, 0.15) is 17.3 Å². The molecule has 1 amide bonds. The molecule has 0 aliphatic heterocycles. The molecule has 0 aliphatic carbocycles. The lowest BCUT2D eigenvalue weighted by atomic mass is 10.2. The van der Waals surface area contributed by atoms with Gasteiger partial charge in [-0.25, -0.2) is 4.79 Å². The van der Waals surface area contributed by atoms with Crippen LogP contribution in [-0.2, 0) is 9.53 Å². The SMILES string of the molecule is COc1ccc(C(=O)O[C@@H](C)C(=O)Nc2ccc(Cl)cc2Cl)cc1[N+](=O)[O-]. The number of nitro benzene ring substituents is 1. The Morgan fingerprint density at radius 2 is 1.89 bits per heavy atom. The van der Waals surface area contributed by atoms with Gasteiger partial charge in [0.05, 0.1) is 28.3 Å². The maximum Gasteiger partial charge on any atom is 0.339 e. The van der Waals surface area contributed by atoms with E-state index >= 15 is 0 Å². The molecular formula is C17H14Cl2N2O6. The molecule has 2 aromatic rings. The number of esters is 1. The van der Waals surface area contributed by atoms with E-state index < -0.39 is 28.6 Å². The van der Waals surface area contributed by atoms with Crippen molar-refractivity contribution in [2.75, 3.05) is 12.4 Å². The van der Waals surface area contributed by atoms with Crippen molar-refractivity contribution in [1.82, 2.24) is 0 Å². The lowest BCUT2D eigenvalue weighted by Gasteiger charge is -2.14. The van der Waals surface area contributed by atoms with Gasteiger partial charge in [-0.05, 0) is 37.3 Å². The highest BCUT2D eigenvalue weighted by Crippen LogP contribution is 2.28. The third-order valence-corrected chi connectivity index (χ3v) is 4.00. The first kappa shape index (κ1) is 20.5. The summed E-state index contributed by atoms with van der Waals surface area (Å²) in [5.74, 6) is -1.53. The van der Waals surface area contributed by atoms with Gasteiger partial charge < -0.3 is 14.8 Å². The van der Waals surface area contributed by atoms with Crippen molar-refractivity contribution in [1.29, 1.82) is 0 Å². The number of nitrogens with zero attached hydrogens (tertiary/aromatic N) is 1. The molecule has 0 unspecified atom stereocenters. The Bertz CT molecular complexity index is 903. The lowest BCUT2D eigenvalue weighted by molar-refractivity contribution is -0.385. The predicted octanol–water partition coefficient (Wildman–Crippen LogP) is 4.09. The fraction of sp³-hybridized carbons (Fsp3) is 0.176. The molecule has 0 saturated carbocycles. The normalized spacial score (nSPS) is 11.4. The van der Waals surface area contributed by atoms with E-state index in [1.54, 1.807) is 0 Å². The van der Waals surface area contributed by atoms with E-state index in [1.165, 1.54) is 44.4 Å². The minimum Gasteiger partial charge on any atom is -0.490 e. The summed E-state index contributed by atoms with van der Waals surface area (Å²) in [4.78, 5) is 34.7. The fourth-order valence-electron chi connectivity index (χ4n) is 2.07. The molecule has 0 radical (unpaired) electrons. The van der Waals surface area contributed by atoms with Crippen molar-refractivity contribution >= 4 is 46.5 Å². The Morgan fingerprint density at radius 1 is 1.19 bits per heavy atom. The van der Waals surface area contributed by atoms with Gasteiger partial charge in [0.15, 0.2) is 11.9 Å². The Hall–Kier alpha value is -2.84. The molecule has 8 nitrogen and oxygen atoms in total. The number of hydrogen-bond acceptors (Lipinski definition) is 6. The minimum atomic E-state index is -1.18. The molecule has 0 bridgehead atoms. The van der Waals surface area contributed by atoms with Crippen molar-refractivity contribution in [2.45, 2.75) is 13.0 Å². The topological polar surface area (TPSA) is 108 Å². The number of rotatable bonds is 6. The predicted molar refractivity (Wildman–Crippen MR) is 99.6 cm³/mol. The number of ether oxygens (including phenoxy) is 2. The van der Waals surface area contributed by atoms with Gasteiger partial charge in [0.2, 0.25) is 0 Å². The third kappa shape index (κ3) is 5.08. The lowest BCUT2D eigenvalue weighted by Crippen LogP contribution is -2.30. The van der Waals surface area contributed by atoms with Crippen LogP contribution in [0.2, 0.25) is 10.0 Å². The molecule has 0 saturated heterocycles. The van der Waals surface area contributed by atoms with Crippen LogP contribution < -0.4 is 10.1 Å². The smallest absolute Gasteiger partial charge is 0.339 e. The summed E-state index contributed by atoms with van der Waals surface area (Å²) in [6, 6.07) is 8.08. The van der Waals surface area contributed by atoms with Gasteiger partial charge in [-0.2, -0.15) is 0 Å². The van der Waals surface area contributed by atoms with E-state index in [4.69, 9.17) is 32.7 Å². The van der Waals surface area contributed by atoms with Gasteiger partial charge in [0.25, 0.3) is 5.91 Å². The number of carbonyl (C=O) groups is 2. The van der Waals surface area contributed by atoms with Gasteiger partial charge in [-0.3, -0.25) is 14.9 Å². The van der Waals surface area contributed by atoms with Crippen LogP contribution in [0.15, 0.2) is 36.4 Å². The van der Waals surface area contributed by atoms with Gasteiger partial charge in [-0.1, -0.05) is 23.2 Å². The summed E-state index contributed by atoms with van der Waals surface area (Å²) in [5.41, 5.74) is -0.183. The summed E-state index contributed by atoms with van der Waals surface area (Å²) in [6.45, 7) is 1.36. The summed E-state index contributed by atoms with van der Waals surface area (Å²) in [5, 5.41) is 14.2. The Labute approximate surface area is 164 Å². The third-order valence-electron chi connectivity index (χ3n) is 3.45. The van der Waals surface area contributed by atoms with Crippen LogP contribution in [0.3, 0.4) is 0 Å². The van der Waals surface area contributed by atoms with Crippen LogP contribution >= 0.6 is 23.2 Å². The first-order valence-electron chi connectivity index (χ1n) is 7.52. The van der Waals surface area contributed by atoms with Crippen LogP contribution in [-0.4, -0.2) is 30.0 Å². The Balaban J connectivity index is 2.09. The summed E-state index contributed by atoms with van der Waals surface area (Å²) >= 11 is 11.8. The quantitative estimate of drug-likeness (QED) is 0.434. The molecule has 0 aromatic heterocycles. The van der Waals surface area contributed by atoms with Gasteiger partial charge in [-0.15, -0.1) is 0 Å². The molecule has 1 atom stereocenters. The van der Waals surface area contributed by atoms with Crippen molar-refractivity contribution in [3.8, 4) is 5.75 Å². The molecule has 2 aromatic carbocycles. The number of halogens is 2. The van der Waals surface area contributed by atoms with Gasteiger partial charge in [0, 0.05) is 11.1 Å². The largest absolute Gasteiger partial charge is 0.490 e. The Morgan fingerprint density at radius 3 is 2.48 bits per heavy atom. The molecule has 0 heterocycles. The number of nitrogens with one attached hydrogen (secondary N) is 1. The summed E-state index contributed by atoms with van der Waals surface area (Å²) in [6.07, 6.45) is -1.18. The summed E-state index contributed by atoms with van der Waals surface area (Å²) in [7, 11) is 1.27.